The first-order valence-electron chi connectivity index (χ1n) is 9.12. The SMILES string of the molecule is C[C@]12CC[C@H]3[C@@H](CC[C@@H]4C[C@H](O)CC[C@@H]43)[C@@H]1C[C@@H](O)[C@@H]2N. The zero-order valence-electron chi connectivity index (χ0n) is 13.2. The number of rotatable bonds is 0. The zero-order chi connectivity index (χ0) is 14.8. The topological polar surface area (TPSA) is 66.5 Å². The fourth-order valence-electron chi connectivity index (χ4n) is 6.88. The molecule has 4 aliphatic carbocycles. The first-order valence-corrected chi connectivity index (χ1v) is 9.12. The van der Waals surface area contributed by atoms with E-state index in [2.05, 4.69) is 6.92 Å². The van der Waals surface area contributed by atoms with Gasteiger partial charge in [0.15, 0.2) is 0 Å². The van der Waals surface area contributed by atoms with Crippen LogP contribution in [-0.4, -0.2) is 28.5 Å². The van der Waals surface area contributed by atoms with Crippen molar-refractivity contribution in [2.45, 2.75) is 76.5 Å². The van der Waals surface area contributed by atoms with E-state index >= 15 is 0 Å². The highest BCUT2D eigenvalue weighted by Gasteiger charge is 2.58. The lowest BCUT2D eigenvalue weighted by molar-refractivity contribution is -0.0704. The minimum Gasteiger partial charge on any atom is -0.393 e. The molecule has 4 aliphatic rings. The molecule has 0 heterocycles. The number of hydrogen-bond acceptors (Lipinski definition) is 3. The van der Waals surface area contributed by atoms with Gasteiger partial charge in [0, 0.05) is 6.04 Å². The molecule has 0 unspecified atom stereocenters. The molecule has 0 aromatic carbocycles. The van der Waals surface area contributed by atoms with Crippen molar-refractivity contribution in [3.05, 3.63) is 0 Å². The number of fused-ring (bicyclic) bond motifs is 5. The highest BCUT2D eigenvalue weighted by Crippen LogP contribution is 2.62. The molecular formula is C18H31NO2. The van der Waals surface area contributed by atoms with Gasteiger partial charge >= 0.3 is 0 Å². The summed E-state index contributed by atoms with van der Waals surface area (Å²) in [5, 5.41) is 20.2. The Morgan fingerprint density at radius 1 is 0.905 bits per heavy atom. The van der Waals surface area contributed by atoms with Gasteiger partial charge in [-0.1, -0.05) is 6.92 Å². The van der Waals surface area contributed by atoms with Crippen LogP contribution >= 0.6 is 0 Å². The molecule has 0 spiro atoms. The maximum atomic E-state index is 10.3. The van der Waals surface area contributed by atoms with E-state index in [-0.39, 0.29) is 23.7 Å². The molecule has 0 aliphatic heterocycles. The molecule has 0 aromatic rings. The van der Waals surface area contributed by atoms with Gasteiger partial charge in [-0.2, -0.15) is 0 Å². The summed E-state index contributed by atoms with van der Waals surface area (Å²) in [7, 11) is 0. The Hall–Kier alpha value is -0.120. The van der Waals surface area contributed by atoms with Crippen LogP contribution in [-0.2, 0) is 0 Å². The van der Waals surface area contributed by atoms with Crippen molar-refractivity contribution in [1.82, 2.24) is 0 Å². The third-order valence-corrected chi connectivity index (χ3v) is 8.04. The van der Waals surface area contributed by atoms with Gasteiger partial charge in [0.05, 0.1) is 12.2 Å². The van der Waals surface area contributed by atoms with Crippen LogP contribution in [0.15, 0.2) is 0 Å². The Balaban J connectivity index is 1.58. The lowest BCUT2D eigenvalue weighted by atomic mass is 9.50. The molecule has 4 fully saturated rings. The molecule has 120 valence electrons. The number of aliphatic hydroxyl groups excluding tert-OH is 2. The van der Waals surface area contributed by atoms with Crippen molar-refractivity contribution in [2.75, 3.05) is 0 Å². The summed E-state index contributed by atoms with van der Waals surface area (Å²) in [5.74, 6) is 3.86. The summed E-state index contributed by atoms with van der Waals surface area (Å²) in [6, 6.07) is -0.0191. The Morgan fingerprint density at radius 2 is 1.67 bits per heavy atom. The monoisotopic (exact) mass is 293 g/mol. The maximum Gasteiger partial charge on any atom is 0.0699 e. The third kappa shape index (κ3) is 2.04. The molecular weight excluding hydrogens is 262 g/mol. The van der Waals surface area contributed by atoms with Gasteiger partial charge in [-0.3, -0.25) is 0 Å². The molecule has 3 heteroatoms. The van der Waals surface area contributed by atoms with Crippen molar-refractivity contribution < 1.29 is 10.2 Å². The fourth-order valence-corrected chi connectivity index (χ4v) is 6.88. The second-order valence-corrected chi connectivity index (χ2v) is 8.78. The first-order chi connectivity index (χ1) is 10.0. The summed E-state index contributed by atoms with van der Waals surface area (Å²) >= 11 is 0. The predicted molar refractivity (Wildman–Crippen MR) is 82.5 cm³/mol. The fraction of sp³-hybridized carbons (Fsp3) is 1.00. The Labute approximate surface area is 128 Å². The number of hydrogen-bond donors (Lipinski definition) is 3. The number of aliphatic hydroxyl groups is 2. The van der Waals surface area contributed by atoms with E-state index in [1.54, 1.807) is 0 Å². The molecule has 0 amide bonds. The summed E-state index contributed by atoms with van der Waals surface area (Å²) in [4.78, 5) is 0. The van der Waals surface area contributed by atoms with E-state index in [4.69, 9.17) is 5.73 Å². The van der Waals surface area contributed by atoms with E-state index < -0.39 is 0 Å². The van der Waals surface area contributed by atoms with Crippen LogP contribution < -0.4 is 5.73 Å². The van der Waals surface area contributed by atoms with Crippen LogP contribution in [0.3, 0.4) is 0 Å². The number of nitrogens with two attached hydrogens (primary N) is 1. The summed E-state index contributed by atoms with van der Waals surface area (Å²) in [6.07, 6.45) is 8.97. The largest absolute Gasteiger partial charge is 0.393 e. The van der Waals surface area contributed by atoms with Gasteiger partial charge in [-0.05, 0) is 86.4 Å². The van der Waals surface area contributed by atoms with Gasteiger partial charge < -0.3 is 15.9 Å². The average Bonchev–Trinajstić information content (AvgIpc) is 2.70. The summed E-state index contributed by atoms with van der Waals surface area (Å²) < 4.78 is 0. The van der Waals surface area contributed by atoms with Crippen LogP contribution in [0.4, 0.5) is 0 Å². The average molecular weight is 293 g/mol. The van der Waals surface area contributed by atoms with Crippen molar-refractivity contribution in [3.8, 4) is 0 Å². The van der Waals surface area contributed by atoms with E-state index in [1.807, 2.05) is 0 Å². The van der Waals surface area contributed by atoms with Gasteiger partial charge in [-0.15, -0.1) is 0 Å². The highest BCUT2D eigenvalue weighted by atomic mass is 16.3. The Kier molecular flexibility index (Phi) is 3.40. The van der Waals surface area contributed by atoms with Crippen molar-refractivity contribution in [2.24, 2.45) is 40.7 Å². The van der Waals surface area contributed by atoms with Crippen LogP contribution in [0.5, 0.6) is 0 Å². The lowest BCUT2D eigenvalue weighted by Gasteiger charge is -2.55. The minimum absolute atomic E-state index is 0.0191. The normalized spacial score (nSPS) is 60.0. The minimum atomic E-state index is -0.287. The van der Waals surface area contributed by atoms with Gasteiger partial charge in [0.25, 0.3) is 0 Å². The molecule has 9 atom stereocenters. The third-order valence-electron chi connectivity index (χ3n) is 8.04. The van der Waals surface area contributed by atoms with Gasteiger partial charge in [-0.25, -0.2) is 0 Å². The van der Waals surface area contributed by atoms with E-state index in [0.29, 0.717) is 5.92 Å². The predicted octanol–water partition coefficient (Wildman–Crippen LogP) is 2.30. The van der Waals surface area contributed by atoms with Gasteiger partial charge in [0.1, 0.15) is 0 Å². The highest BCUT2D eigenvalue weighted by molar-refractivity contribution is 5.10. The Bertz CT molecular complexity index is 414. The van der Waals surface area contributed by atoms with Crippen LogP contribution in [0, 0.1) is 35.0 Å². The summed E-state index contributed by atoms with van der Waals surface area (Å²) in [6.45, 7) is 2.34. The lowest BCUT2D eigenvalue weighted by Crippen LogP contribution is -2.52. The standard InChI is InChI=1S/C18H31NO2/c1-18-7-6-13-12-5-3-11(20)8-10(12)2-4-14(13)15(18)9-16(21)17(18)19/h10-17,20-21H,2-9,19H2,1H3/t10-,11-,12+,13-,14-,15+,16-,17+,18+/m1/s1. The van der Waals surface area contributed by atoms with Crippen LogP contribution in [0.1, 0.15) is 58.3 Å². The second-order valence-electron chi connectivity index (χ2n) is 8.78. The smallest absolute Gasteiger partial charge is 0.0699 e. The van der Waals surface area contributed by atoms with E-state index in [9.17, 15) is 10.2 Å². The second kappa shape index (κ2) is 4.94. The maximum absolute atomic E-state index is 10.3. The van der Waals surface area contributed by atoms with Crippen LogP contribution in [0.2, 0.25) is 0 Å². The molecule has 0 aromatic heterocycles. The molecule has 0 radical (unpaired) electrons. The van der Waals surface area contributed by atoms with E-state index in [1.165, 1.54) is 32.1 Å². The Morgan fingerprint density at radius 3 is 2.48 bits per heavy atom. The van der Waals surface area contributed by atoms with E-state index in [0.717, 1.165) is 42.9 Å². The molecule has 21 heavy (non-hydrogen) atoms. The zero-order valence-corrected chi connectivity index (χ0v) is 13.2. The molecule has 4 N–H and O–H groups in total. The molecule has 4 saturated carbocycles. The van der Waals surface area contributed by atoms with Crippen molar-refractivity contribution in [3.63, 3.8) is 0 Å². The molecule has 4 rings (SSSR count). The summed E-state index contributed by atoms with van der Waals surface area (Å²) in [5.41, 5.74) is 6.52. The first kappa shape index (κ1) is 14.5. The van der Waals surface area contributed by atoms with Crippen molar-refractivity contribution >= 4 is 0 Å². The van der Waals surface area contributed by atoms with Crippen molar-refractivity contribution in [1.29, 1.82) is 0 Å². The quantitative estimate of drug-likeness (QED) is 0.642. The molecule has 3 nitrogen and oxygen atoms in total. The van der Waals surface area contributed by atoms with Crippen LogP contribution in [0.25, 0.3) is 0 Å². The molecule has 0 bridgehead atoms. The molecule has 0 saturated heterocycles. The van der Waals surface area contributed by atoms with Gasteiger partial charge in [0.2, 0.25) is 0 Å².